The van der Waals surface area contributed by atoms with Crippen molar-refractivity contribution in [1.82, 2.24) is 29.7 Å². The van der Waals surface area contributed by atoms with Gasteiger partial charge < -0.3 is 16.4 Å². The fraction of sp³-hybridized carbons (Fsp3) is 0.444. The van der Waals surface area contributed by atoms with Gasteiger partial charge in [-0.1, -0.05) is 11.8 Å². The second-order valence-electron chi connectivity index (χ2n) is 3.99. The molecule has 2 aromatic rings. The Labute approximate surface area is 114 Å². The van der Waals surface area contributed by atoms with E-state index in [0.29, 0.717) is 28.6 Å². The van der Waals surface area contributed by atoms with Gasteiger partial charge in [-0.05, 0) is 0 Å². The highest BCUT2D eigenvalue weighted by Gasteiger charge is 2.10. The third-order valence-corrected chi connectivity index (χ3v) is 3.30. The third-order valence-electron chi connectivity index (χ3n) is 2.29. The molecule has 0 spiro atoms. The van der Waals surface area contributed by atoms with Gasteiger partial charge >= 0.3 is 0 Å². The molecule has 10 heteroatoms. The summed E-state index contributed by atoms with van der Waals surface area (Å²) in [6.07, 6.45) is 0. The second-order valence-corrected chi connectivity index (χ2v) is 4.94. The largest absolute Gasteiger partial charge is 0.368 e. The lowest BCUT2D eigenvalue weighted by molar-refractivity contribution is 0.794. The molecule has 0 unspecified atom stereocenters. The first kappa shape index (κ1) is 13.3. The van der Waals surface area contributed by atoms with Gasteiger partial charge in [0, 0.05) is 21.1 Å². The van der Waals surface area contributed by atoms with Crippen molar-refractivity contribution in [2.45, 2.75) is 10.9 Å². The zero-order valence-corrected chi connectivity index (χ0v) is 11.7. The smallest absolute Gasteiger partial charge is 0.229 e. The van der Waals surface area contributed by atoms with E-state index in [1.165, 1.54) is 11.8 Å². The van der Waals surface area contributed by atoms with Crippen molar-refractivity contribution >= 4 is 29.6 Å². The molecule has 2 aromatic heterocycles. The van der Waals surface area contributed by atoms with Crippen LogP contribution in [0.2, 0.25) is 0 Å². The average molecular weight is 281 g/mol. The number of nitrogen functional groups attached to an aromatic ring is 2. The van der Waals surface area contributed by atoms with E-state index >= 15 is 0 Å². The van der Waals surface area contributed by atoms with Crippen LogP contribution < -0.4 is 16.4 Å². The van der Waals surface area contributed by atoms with Gasteiger partial charge in [0.25, 0.3) is 0 Å². The van der Waals surface area contributed by atoms with Crippen LogP contribution in [0, 0.1) is 0 Å². The van der Waals surface area contributed by atoms with Crippen LogP contribution >= 0.6 is 11.8 Å². The highest BCUT2D eigenvalue weighted by Crippen LogP contribution is 2.20. The molecule has 0 saturated carbocycles. The minimum atomic E-state index is 0.201. The maximum Gasteiger partial charge on any atom is 0.229 e. The SMILES string of the molecule is CN(C)c1nc(N)nc(CSc2nnc(N)n2C)n1. The third kappa shape index (κ3) is 3.02. The Morgan fingerprint density at radius 2 is 1.89 bits per heavy atom. The van der Waals surface area contributed by atoms with E-state index in [1.807, 2.05) is 14.1 Å². The van der Waals surface area contributed by atoms with Gasteiger partial charge in [-0.25, -0.2) is 0 Å². The fourth-order valence-electron chi connectivity index (χ4n) is 1.27. The molecular weight excluding hydrogens is 266 g/mol. The molecule has 0 aliphatic heterocycles. The molecule has 19 heavy (non-hydrogen) atoms. The van der Waals surface area contributed by atoms with Crippen molar-refractivity contribution in [1.29, 1.82) is 0 Å². The molecule has 0 atom stereocenters. The lowest BCUT2D eigenvalue weighted by Crippen LogP contribution is -2.16. The van der Waals surface area contributed by atoms with Crippen LogP contribution in [0.5, 0.6) is 0 Å². The van der Waals surface area contributed by atoms with Gasteiger partial charge in [0.15, 0.2) is 5.16 Å². The minimum absolute atomic E-state index is 0.201. The summed E-state index contributed by atoms with van der Waals surface area (Å²) in [6.45, 7) is 0. The predicted molar refractivity (Wildman–Crippen MR) is 73.5 cm³/mol. The first-order valence-electron chi connectivity index (χ1n) is 5.43. The lowest BCUT2D eigenvalue weighted by Gasteiger charge is -2.11. The number of nitrogens with two attached hydrogens (primary N) is 2. The van der Waals surface area contributed by atoms with E-state index in [0.717, 1.165) is 0 Å². The Hall–Kier alpha value is -2.10. The van der Waals surface area contributed by atoms with Crippen molar-refractivity contribution in [3.8, 4) is 0 Å². The van der Waals surface area contributed by atoms with Gasteiger partial charge in [-0.2, -0.15) is 15.0 Å². The van der Waals surface area contributed by atoms with E-state index in [2.05, 4.69) is 25.1 Å². The predicted octanol–water partition coefficient (Wildman–Crippen LogP) is -0.477. The topological polar surface area (TPSA) is 125 Å². The molecule has 4 N–H and O–H groups in total. The molecule has 102 valence electrons. The molecular formula is C9H15N9S. The molecule has 0 aliphatic carbocycles. The maximum absolute atomic E-state index is 5.65. The van der Waals surface area contributed by atoms with Crippen molar-refractivity contribution in [3.05, 3.63) is 5.82 Å². The van der Waals surface area contributed by atoms with Crippen molar-refractivity contribution < 1.29 is 0 Å². The Balaban J connectivity index is 2.13. The van der Waals surface area contributed by atoms with Gasteiger partial charge in [0.2, 0.25) is 17.8 Å². The van der Waals surface area contributed by atoms with Gasteiger partial charge in [0.05, 0.1) is 5.75 Å². The van der Waals surface area contributed by atoms with Crippen LogP contribution in [0.4, 0.5) is 17.8 Å². The second kappa shape index (κ2) is 5.26. The van der Waals surface area contributed by atoms with E-state index < -0.39 is 0 Å². The molecule has 0 radical (unpaired) electrons. The minimum Gasteiger partial charge on any atom is -0.368 e. The molecule has 0 bridgehead atoms. The Morgan fingerprint density at radius 1 is 1.16 bits per heavy atom. The number of hydrogen-bond donors (Lipinski definition) is 2. The number of anilines is 3. The normalized spacial score (nSPS) is 10.7. The van der Waals surface area contributed by atoms with Crippen molar-refractivity contribution in [2.24, 2.45) is 7.05 Å². The Morgan fingerprint density at radius 3 is 2.47 bits per heavy atom. The van der Waals surface area contributed by atoms with Crippen molar-refractivity contribution in [2.75, 3.05) is 30.5 Å². The van der Waals surface area contributed by atoms with E-state index in [1.54, 1.807) is 16.5 Å². The van der Waals surface area contributed by atoms with Crippen LogP contribution in [0.1, 0.15) is 5.82 Å². The highest BCUT2D eigenvalue weighted by atomic mass is 32.2. The number of aromatic nitrogens is 6. The maximum atomic E-state index is 5.65. The van der Waals surface area contributed by atoms with Crippen LogP contribution in [0.25, 0.3) is 0 Å². The van der Waals surface area contributed by atoms with Crippen LogP contribution in [0.15, 0.2) is 5.16 Å². The summed E-state index contributed by atoms with van der Waals surface area (Å²) in [5.41, 5.74) is 11.3. The standard InChI is InChI=1S/C9H15N9S/c1-17(2)8-13-5(12-6(10)14-8)4-19-9-16-15-7(11)18(9)3/h4H2,1-3H3,(H2,11,15)(H2,10,12,13,14). The van der Waals surface area contributed by atoms with Gasteiger partial charge in [-0.15, -0.1) is 10.2 Å². The summed E-state index contributed by atoms with van der Waals surface area (Å²) < 4.78 is 1.70. The molecule has 0 aliphatic rings. The van der Waals surface area contributed by atoms with E-state index in [4.69, 9.17) is 11.5 Å². The summed E-state index contributed by atoms with van der Waals surface area (Å²) in [5, 5.41) is 8.42. The van der Waals surface area contributed by atoms with Crippen LogP contribution in [0.3, 0.4) is 0 Å². The highest BCUT2D eigenvalue weighted by molar-refractivity contribution is 7.98. The summed E-state index contributed by atoms with van der Waals surface area (Å²) >= 11 is 1.43. The molecule has 2 rings (SSSR count). The van der Waals surface area contributed by atoms with Crippen LogP contribution in [-0.2, 0) is 12.8 Å². The summed E-state index contributed by atoms with van der Waals surface area (Å²) in [7, 11) is 5.48. The Bertz CT molecular complexity index is 579. The van der Waals surface area contributed by atoms with Crippen molar-refractivity contribution in [3.63, 3.8) is 0 Å². The number of hydrogen-bond acceptors (Lipinski definition) is 9. The molecule has 9 nitrogen and oxygen atoms in total. The number of rotatable bonds is 4. The number of thioether (sulfide) groups is 1. The van der Waals surface area contributed by atoms with Crippen LogP contribution in [-0.4, -0.2) is 43.8 Å². The molecule has 0 aromatic carbocycles. The monoisotopic (exact) mass is 281 g/mol. The molecule has 2 heterocycles. The average Bonchev–Trinajstić information content (AvgIpc) is 2.67. The first-order valence-corrected chi connectivity index (χ1v) is 6.41. The zero-order valence-electron chi connectivity index (χ0n) is 10.9. The molecule has 0 amide bonds. The first-order chi connectivity index (χ1) is 8.97. The quantitative estimate of drug-likeness (QED) is 0.715. The van der Waals surface area contributed by atoms with E-state index in [9.17, 15) is 0 Å². The van der Waals surface area contributed by atoms with Gasteiger partial charge in [0.1, 0.15) is 5.82 Å². The van der Waals surface area contributed by atoms with E-state index in [-0.39, 0.29) is 5.95 Å². The summed E-state index contributed by atoms with van der Waals surface area (Å²) in [5.74, 6) is 2.20. The number of nitrogens with zero attached hydrogens (tertiary/aromatic N) is 7. The molecule has 0 saturated heterocycles. The Kier molecular flexibility index (Phi) is 3.69. The zero-order chi connectivity index (χ0) is 14.0. The summed E-state index contributed by atoms with van der Waals surface area (Å²) in [6, 6.07) is 0. The summed E-state index contributed by atoms with van der Waals surface area (Å²) in [4.78, 5) is 14.2. The fourth-order valence-corrected chi connectivity index (χ4v) is 2.04. The van der Waals surface area contributed by atoms with Gasteiger partial charge in [-0.3, -0.25) is 4.57 Å². The lowest BCUT2D eigenvalue weighted by atomic mass is 10.6. The molecule has 0 fully saturated rings.